The van der Waals surface area contributed by atoms with Crippen LogP contribution in [-0.2, 0) is 4.79 Å². The van der Waals surface area contributed by atoms with Crippen LogP contribution >= 0.6 is 11.3 Å². The van der Waals surface area contributed by atoms with Crippen LogP contribution in [0.4, 0.5) is 0 Å². The van der Waals surface area contributed by atoms with E-state index in [0.29, 0.717) is 16.6 Å². The fraction of sp³-hybridized carbons (Fsp3) is 0.200. The summed E-state index contributed by atoms with van der Waals surface area (Å²) in [6.45, 7) is 1.97. The third kappa shape index (κ3) is 2.10. The molecule has 8 heteroatoms. The lowest BCUT2D eigenvalue weighted by atomic mass is 9.94. The Hall–Kier alpha value is -2.74. The van der Waals surface area contributed by atoms with Crippen molar-refractivity contribution < 1.29 is 4.79 Å². The van der Waals surface area contributed by atoms with Gasteiger partial charge in [-0.15, -0.1) is 11.3 Å². The van der Waals surface area contributed by atoms with E-state index in [0.717, 1.165) is 26.0 Å². The maximum absolute atomic E-state index is 12.1. The first-order valence-corrected chi connectivity index (χ1v) is 7.92. The van der Waals surface area contributed by atoms with Crippen LogP contribution in [0.3, 0.4) is 0 Å². The van der Waals surface area contributed by atoms with Crippen molar-refractivity contribution in [2.24, 2.45) is 11.0 Å². The van der Waals surface area contributed by atoms with E-state index in [1.807, 2.05) is 25.1 Å². The van der Waals surface area contributed by atoms with Crippen LogP contribution in [0, 0.1) is 5.92 Å². The summed E-state index contributed by atoms with van der Waals surface area (Å²) in [5.74, 6) is 5.55. The van der Waals surface area contributed by atoms with Gasteiger partial charge in [-0.1, -0.05) is 19.1 Å². The van der Waals surface area contributed by atoms with Gasteiger partial charge in [0, 0.05) is 22.4 Å². The zero-order chi connectivity index (χ0) is 16.1. The number of carbonyl (C=O) groups excluding carboxylic acids is 1. The summed E-state index contributed by atoms with van der Waals surface area (Å²) < 4.78 is 2.47. The number of nitrogens with zero attached hydrogens (tertiary/aromatic N) is 3. The number of hydrogen-bond donors (Lipinski definition) is 2. The third-order valence-electron chi connectivity index (χ3n) is 3.96. The molecule has 0 radical (unpaired) electrons. The molecule has 1 amide bonds. The molecular formula is C15H13N5O2S. The number of nitrogens with one attached hydrogen (secondary N) is 1. The summed E-state index contributed by atoms with van der Waals surface area (Å²) in [6.07, 6.45) is 1.75. The highest BCUT2D eigenvalue weighted by Gasteiger charge is 2.22. The minimum Gasteiger partial charge on any atom is -0.335 e. The van der Waals surface area contributed by atoms with Crippen LogP contribution in [0.1, 0.15) is 18.9 Å². The first-order valence-electron chi connectivity index (χ1n) is 7.10. The van der Waals surface area contributed by atoms with Gasteiger partial charge in [0.2, 0.25) is 5.91 Å². The number of aromatic nitrogens is 2. The van der Waals surface area contributed by atoms with Crippen molar-refractivity contribution in [2.45, 2.75) is 13.3 Å². The molecule has 7 nitrogen and oxygen atoms in total. The van der Waals surface area contributed by atoms with E-state index in [1.165, 1.54) is 17.7 Å². The Labute approximate surface area is 134 Å². The number of carbonyl (C=O) groups is 1. The van der Waals surface area contributed by atoms with Crippen LogP contribution in [0.5, 0.6) is 0 Å². The Bertz CT molecular complexity index is 1050. The van der Waals surface area contributed by atoms with E-state index in [1.54, 1.807) is 0 Å². The summed E-state index contributed by atoms with van der Waals surface area (Å²) in [4.78, 5) is 27.7. The van der Waals surface area contributed by atoms with Crippen molar-refractivity contribution in [1.82, 2.24) is 15.1 Å². The molecule has 23 heavy (non-hydrogen) atoms. The minimum atomic E-state index is -0.256. The standard InChI is InChI=1S/C15H13N5O2S/c1-7-4-11(21)18-19-12(7)8-2-3-9-10(5-8)23-14-13(9)17-6-20(16)15(14)22/h2-3,5-7H,4,16H2,1H3,(H,18,21). The molecule has 3 heterocycles. The second-order valence-corrected chi connectivity index (χ2v) is 6.64. The number of amides is 1. The van der Waals surface area contributed by atoms with Crippen molar-refractivity contribution in [3.8, 4) is 0 Å². The van der Waals surface area contributed by atoms with E-state index in [4.69, 9.17) is 5.84 Å². The lowest BCUT2D eigenvalue weighted by Crippen LogP contribution is -2.31. The van der Waals surface area contributed by atoms with Crippen molar-refractivity contribution in [3.63, 3.8) is 0 Å². The number of thiophene rings is 1. The fourth-order valence-electron chi connectivity index (χ4n) is 2.81. The molecule has 0 fully saturated rings. The average Bonchev–Trinajstić information content (AvgIpc) is 2.89. The number of nitrogen functional groups attached to an aromatic ring is 1. The molecule has 2 aromatic heterocycles. The van der Waals surface area contributed by atoms with E-state index < -0.39 is 0 Å². The molecule has 0 aliphatic carbocycles. The zero-order valence-corrected chi connectivity index (χ0v) is 13.1. The van der Waals surface area contributed by atoms with Crippen LogP contribution in [0.25, 0.3) is 20.3 Å². The Morgan fingerprint density at radius 3 is 3.00 bits per heavy atom. The quantitative estimate of drug-likeness (QED) is 0.655. The maximum Gasteiger partial charge on any atom is 0.289 e. The number of hydrogen-bond acceptors (Lipinski definition) is 6. The van der Waals surface area contributed by atoms with Crippen molar-refractivity contribution in [1.29, 1.82) is 0 Å². The number of benzene rings is 1. The number of hydrazone groups is 1. The van der Waals surface area contributed by atoms with E-state index >= 15 is 0 Å². The van der Waals surface area contributed by atoms with Gasteiger partial charge in [0.15, 0.2) is 0 Å². The Morgan fingerprint density at radius 2 is 2.22 bits per heavy atom. The number of nitrogens with two attached hydrogens (primary N) is 1. The molecule has 1 aromatic carbocycles. The second-order valence-electron chi connectivity index (χ2n) is 5.58. The van der Waals surface area contributed by atoms with E-state index in [9.17, 15) is 9.59 Å². The monoisotopic (exact) mass is 327 g/mol. The molecule has 1 atom stereocenters. The molecule has 0 bridgehead atoms. The van der Waals surface area contributed by atoms with Crippen molar-refractivity contribution >= 4 is 43.3 Å². The molecule has 1 aliphatic heterocycles. The molecule has 0 saturated heterocycles. The van der Waals surface area contributed by atoms with Gasteiger partial charge in [0.1, 0.15) is 11.0 Å². The smallest absolute Gasteiger partial charge is 0.289 e. The molecule has 1 aliphatic rings. The molecule has 0 saturated carbocycles. The van der Waals surface area contributed by atoms with Crippen molar-refractivity contribution in [3.05, 3.63) is 40.4 Å². The average molecular weight is 327 g/mol. The Balaban J connectivity index is 1.92. The molecule has 4 rings (SSSR count). The number of fused-ring (bicyclic) bond motifs is 3. The number of rotatable bonds is 1. The van der Waals surface area contributed by atoms with Crippen LogP contribution in [0.2, 0.25) is 0 Å². The Morgan fingerprint density at radius 1 is 1.39 bits per heavy atom. The van der Waals surface area contributed by atoms with Gasteiger partial charge >= 0.3 is 0 Å². The molecule has 3 N–H and O–H groups in total. The van der Waals surface area contributed by atoms with Gasteiger partial charge in [0.25, 0.3) is 5.56 Å². The lowest BCUT2D eigenvalue weighted by molar-refractivity contribution is -0.121. The second kappa shape index (κ2) is 4.88. The first kappa shape index (κ1) is 13.9. The topological polar surface area (TPSA) is 102 Å². The normalized spacial score (nSPS) is 18.2. The maximum atomic E-state index is 12.1. The lowest BCUT2D eigenvalue weighted by Gasteiger charge is -2.19. The van der Waals surface area contributed by atoms with Crippen LogP contribution < -0.4 is 16.8 Å². The van der Waals surface area contributed by atoms with Gasteiger partial charge in [0.05, 0.1) is 11.2 Å². The van der Waals surface area contributed by atoms with Crippen molar-refractivity contribution in [2.75, 3.05) is 5.84 Å². The highest BCUT2D eigenvalue weighted by Crippen LogP contribution is 2.31. The van der Waals surface area contributed by atoms with E-state index in [-0.39, 0.29) is 17.4 Å². The van der Waals surface area contributed by atoms with E-state index in [2.05, 4.69) is 15.5 Å². The zero-order valence-electron chi connectivity index (χ0n) is 12.2. The molecule has 3 aromatic rings. The highest BCUT2D eigenvalue weighted by molar-refractivity contribution is 7.25. The molecular weight excluding hydrogens is 314 g/mol. The summed E-state index contributed by atoms with van der Waals surface area (Å²) in [6, 6.07) is 5.86. The SMILES string of the molecule is CC1CC(=O)NN=C1c1ccc2c(c1)sc1c(=O)n(N)cnc12. The summed E-state index contributed by atoms with van der Waals surface area (Å²) >= 11 is 1.36. The summed E-state index contributed by atoms with van der Waals surface area (Å²) in [5.41, 5.74) is 4.70. The van der Waals surface area contributed by atoms with Gasteiger partial charge in [-0.05, 0) is 11.6 Å². The molecule has 0 spiro atoms. The van der Waals surface area contributed by atoms with Gasteiger partial charge in [-0.3, -0.25) is 9.59 Å². The fourth-order valence-corrected chi connectivity index (χ4v) is 3.94. The third-order valence-corrected chi connectivity index (χ3v) is 5.09. The molecule has 116 valence electrons. The highest BCUT2D eigenvalue weighted by atomic mass is 32.1. The Kier molecular flexibility index (Phi) is 2.95. The summed E-state index contributed by atoms with van der Waals surface area (Å²) in [7, 11) is 0. The predicted octanol–water partition coefficient (Wildman–Crippen LogP) is 1.19. The minimum absolute atomic E-state index is 0.0509. The first-order chi connectivity index (χ1) is 11.0. The van der Waals surface area contributed by atoms with Gasteiger partial charge in [-0.25, -0.2) is 15.1 Å². The predicted molar refractivity (Wildman–Crippen MR) is 90.0 cm³/mol. The van der Waals surface area contributed by atoms with Crippen LogP contribution in [-0.4, -0.2) is 21.3 Å². The molecule has 1 unspecified atom stereocenters. The van der Waals surface area contributed by atoms with Crippen LogP contribution in [0.15, 0.2) is 34.4 Å². The van der Waals surface area contributed by atoms with Gasteiger partial charge in [-0.2, -0.15) is 5.10 Å². The summed E-state index contributed by atoms with van der Waals surface area (Å²) in [5, 5.41) is 5.09. The van der Waals surface area contributed by atoms with Gasteiger partial charge < -0.3 is 5.84 Å². The largest absolute Gasteiger partial charge is 0.335 e.